The summed E-state index contributed by atoms with van der Waals surface area (Å²) in [6, 6.07) is 21.9. The van der Waals surface area contributed by atoms with Crippen molar-refractivity contribution in [3.8, 4) is 17.2 Å². The van der Waals surface area contributed by atoms with Gasteiger partial charge in [0.15, 0.2) is 0 Å². The number of para-hydroxylation sites is 2. The lowest BCUT2D eigenvalue weighted by molar-refractivity contribution is 0.275. The molecule has 0 saturated heterocycles. The van der Waals surface area contributed by atoms with Crippen LogP contribution >= 0.6 is 0 Å². The van der Waals surface area contributed by atoms with Crippen molar-refractivity contribution in [2.75, 3.05) is 0 Å². The van der Waals surface area contributed by atoms with Crippen molar-refractivity contribution in [1.82, 2.24) is 0 Å². The molecule has 5 nitrogen and oxygen atoms in total. The monoisotopic (exact) mass is 342 g/mol. The van der Waals surface area contributed by atoms with Crippen LogP contribution in [-0.2, 0) is 13.2 Å². The summed E-state index contributed by atoms with van der Waals surface area (Å²) in [5, 5.41) is 43.5. The molecule has 0 atom stereocenters. The van der Waals surface area contributed by atoms with Gasteiger partial charge in [-0.25, -0.2) is 0 Å². The molecule has 0 aromatic heterocycles. The van der Waals surface area contributed by atoms with Crippen molar-refractivity contribution in [1.29, 1.82) is 0 Å². The van der Waals surface area contributed by atoms with Crippen molar-refractivity contribution >= 4 is 0 Å². The van der Waals surface area contributed by atoms with Gasteiger partial charge in [0.2, 0.25) is 0 Å². The Morgan fingerprint density at radius 3 is 1.44 bits per heavy atom. The number of phenolic OH excluding ortho intramolecular Hbond substituents is 2. The van der Waals surface area contributed by atoms with E-state index in [0.29, 0.717) is 11.3 Å². The maximum absolute atomic E-state index is 8.95. The Morgan fingerprint density at radius 1 is 0.520 bits per heavy atom. The number of benzene rings is 3. The maximum Gasteiger partial charge on any atom is 0.121 e. The molecule has 0 radical (unpaired) electrons. The Bertz CT molecular complexity index is 712. The lowest BCUT2D eigenvalue weighted by atomic mass is 10.2. The summed E-state index contributed by atoms with van der Waals surface area (Å²) in [4.78, 5) is 0. The van der Waals surface area contributed by atoms with Crippen LogP contribution in [0.3, 0.4) is 0 Å². The summed E-state index contributed by atoms with van der Waals surface area (Å²) in [5.41, 5.74) is 1.38. The second-order valence-electron chi connectivity index (χ2n) is 4.95. The molecule has 5 heteroatoms. The van der Waals surface area contributed by atoms with E-state index in [0.717, 1.165) is 5.56 Å². The molecular formula is C20H22O5. The molecule has 0 fully saturated rings. The molecule has 132 valence electrons. The Balaban J connectivity index is 0.000000189. The van der Waals surface area contributed by atoms with E-state index in [1.807, 2.05) is 6.07 Å². The van der Waals surface area contributed by atoms with E-state index < -0.39 is 0 Å². The summed E-state index contributed by atoms with van der Waals surface area (Å²) >= 11 is 0. The zero-order valence-corrected chi connectivity index (χ0v) is 13.7. The summed E-state index contributed by atoms with van der Waals surface area (Å²) in [7, 11) is 0. The first-order valence-electron chi connectivity index (χ1n) is 7.57. The molecule has 0 aliphatic carbocycles. The van der Waals surface area contributed by atoms with Crippen molar-refractivity contribution < 1.29 is 25.5 Å². The first-order valence-corrected chi connectivity index (χ1v) is 7.57. The van der Waals surface area contributed by atoms with Gasteiger partial charge >= 0.3 is 0 Å². The molecule has 5 N–H and O–H groups in total. The average molecular weight is 342 g/mol. The third-order valence-electron chi connectivity index (χ3n) is 3.04. The van der Waals surface area contributed by atoms with Crippen molar-refractivity contribution in [2.45, 2.75) is 13.2 Å². The highest BCUT2D eigenvalue weighted by Crippen LogP contribution is 2.14. The van der Waals surface area contributed by atoms with Gasteiger partial charge < -0.3 is 25.5 Å². The molecule has 3 aromatic carbocycles. The zero-order valence-electron chi connectivity index (χ0n) is 13.7. The van der Waals surface area contributed by atoms with Crippen LogP contribution in [0.5, 0.6) is 17.2 Å². The van der Waals surface area contributed by atoms with Crippen LogP contribution in [0.1, 0.15) is 11.1 Å². The van der Waals surface area contributed by atoms with Gasteiger partial charge in [0.05, 0.1) is 13.2 Å². The minimum atomic E-state index is -0.104. The van der Waals surface area contributed by atoms with Crippen LogP contribution in [0.2, 0.25) is 0 Å². The molecular weight excluding hydrogens is 320 g/mol. The van der Waals surface area contributed by atoms with Gasteiger partial charge in [0, 0.05) is 5.56 Å². The van der Waals surface area contributed by atoms with Crippen LogP contribution in [0.25, 0.3) is 0 Å². The van der Waals surface area contributed by atoms with Crippen molar-refractivity contribution in [3.05, 3.63) is 90.0 Å². The number of hydrogen-bond acceptors (Lipinski definition) is 5. The molecule has 25 heavy (non-hydrogen) atoms. The number of phenols is 3. The van der Waals surface area contributed by atoms with Crippen LogP contribution in [-0.4, -0.2) is 25.5 Å². The zero-order chi connectivity index (χ0) is 18.5. The Morgan fingerprint density at radius 2 is 1.04 bits per heavy atom. The van der Waals surface area contributed by atoms with E-state index in [2.05, 4.69) is 0 Å². The maximum atomic E-state index is 8.95. The first kappa shape index (κ1) is 20.0. The summed E-state index contributed by atoms with van der Waals surface area (Å²) in [6.45, 7) is -0.0764. The fourth-order valence-electron chi connectivity index (χ4n) is 1.67. The van der Waals surface area contributed by atoms with Gasteiger partial charge in [0.1, 0.15) is 17.2 Å². The average Bonchev–Trinajstić information content (AvgIpc) is 2.64. The smallest absolute Gasteiger partial charge is 0.121 e. The topological polar surface area (TPSA) is 101 Å². The third-order valence-corrected chi connectivity index (χ3v) is 3.04. The SMILES string of the molecule is OCc1ccc(O)cc1.OCc1ccccc1O.Oc1ccccc1. The van der Waals surface area contributed by atoms with Gasteiger partial charge in [0.25, 0.3) is 0 Å². The fraction of sp³-hybridized carbons (Fsp3) is 0.100. The van der Waals surface area contributed by atoms with Crippen molar-refractivity contribution in [3.63, 3.8) is 0 Å². The predicted octanol–water partition coefficient (Wildman–Crippen LogP) is 3.16. The summed E-state index contributed by atoms with van der Waals surface area (Å²) in [5.74, 6) is 0.703. The molecule has 0 unspecified atom stereocenters. The third kappa shape index (κ3) is 8.41. The van der Waals surface area contributed by atoms with Gasteiger partial charge in [-0.05, 0) is 35.9 Å². The number of aliphatic hydroxyl groups excluding tert-OH is 2. The number of aromatic hydroxyl groups is 3. The van der Waals surface area contributed by atoms with E-state index in [-0.39, 0.29) is 24.7 Å². The summed E-state index contributed by atoms with van der Waals surface area (Å²) in [6.07, 6.45) is 0. The lowest BCUT2D eigenvalue weighted by Gasteiger charge is -1.96. The Kier molecular flexibility index (Phi) is 9.22. The minimum absolute atomic E-state index is 0.0281. The minimum Gasteiger partial charge on any atom is -0.508 e. The van der Waals surface area contributed by atoms with Crippen LogP contribution in [0.4, 0.5) is 0 Å². The molecule has 0 aliphatic rings. The van der Waals surface area contributed by atoms with Gasteiger partial charge in [-0.2, -0.15) is 0 Å². The largest absolute Gasteiger partial charge is 0.508 e. The van der Waals surface area contributed by atoms with Gasteiger partial charge in [-0.1, -0.05) is 48.5 Å². The van der Waals surface area contributed by atoms with Crippen LogP contribution < -0.4 is 0 Å². The predicted molar refractivity (Wildman–Crippen MR) is 96.2 cm³/mol. The number of hydrogen-bond donors (Lipinski definition) is 5. The van der Waals surface area contributed by atoms with Gasteiger partial charge in [-0.15, -0.1) is 0 Å². The van der Waals surface area contributed by atoms with E-state index in [9.17, 15) is 0 Å². The lowest BCUT2D eigenvalue weighted by Crippen LogP contribution is -1.80. The molecule has 0 spiro atoms. The number of rotatable bonds is 2. The molecule has 3 aromatic rings. The quantitative estimate of drug-likeness (QED) is 0.492. The Hall–Kier alpha value is -3.02. The Labute approximate surface area is 146 Å². The van der Waals surface area contributed by atoms with E-state index in [1.165, 1.54) is 0 Å². The number of aliphatic hydroxyl groups is 2. The van der Waals surface area contributed by atoms with Gasteiger partial charge in [-0.3, -0.25) is 0 Å². The highest BCUT2D eigenvalue weighted by molar-refractivity contribution is 5.30. The second kappa shape index (κ2) is 11.5. The first-order chi connectivity index (χ1) is 12.1. The second-order valence-corrected chi connectivity index (χ2v) is 4.95. The highest BCUT2D eigenvalue weighted by Gasteiger charge is 1.93. The molecule has 0 saturated carbocycles. The summed E-state index contributed by atoms with van der Waals surface area (Å²) < 4.78 is 0. The highest BCUT2D eigenvalue weighted by atomic mass is 16.3. The van der Waals surface area contributed by atoms with Crippen LogP contribution in [0, 0.1) is 0 Å². The molecule has 0 bridgehead atoms. The fourth-order valence-corrected chi connectivity index (χ4v) is 1.67. The molecule has 0 amide bonds. The normalized spacial score (nSPS) is 9.20. The molecule has 0 aliphatic heterocycles. The van der Waals surface area contributed by atoms with Crippen molar-refractivity contribution in [2.24, 2.45) is 0 Å². The standard InChI is InChI=1S/2C7H8O2.C6H6O/c8-5-6-1-3-7(9)4-2-6;8-5-6-3-1-2-4-7(6)9;7-6-4-2-1-3-5-6/h2*1-4,8-9H,5H2;1-5,7H. The molecule has 3 rings (SSSR count). The van der Waals surface area contributed by atoms with E-state index >= 15 is 0 Å². The van der Waals surface area contributed by atoms with E-state index in [4.69, 9.17) is 25.5 Å². The van der Waals surface area contributed by atoms with E-state index in [1.54, 1.807) is 72.8 Å². The van der Waals surface area contributed by atoms with Crippen LogP contribution in [0.15, 0.2) is 78.9 Å². The molecule has 0 heterocycles.